The molecule has 0 radical (unpaired) electrons. The quantitative estimate of drug-likeness (QED) is 0.304. The molecule has 3 aromatic carbocycles. The zero-order valence-electron chi connectivity index (χ0n) is 20.9. The summed E-state index contributed by atoms with van der Waals surface area (Å²) < 4.78 is 28.5. The van der Waals surface area contributed by atoms with E-state index >= 15 is 0 Å². The molecule has 3 aromatic rings. The summed E-state index contributed by atoms with van der Waals surface area (Å²) in [5.74, 6) is -0.966. The van der Waals surface area contributed by atoms with Crippen molar-refractivity contribution in [3.8, 4) is 0 Å². The lowest BCUT2D eigenvalue weighted by Crippen LogP contribution is -2.52. The molecule has 7 nitrogen and oxygen atoms in total. The highest BCUT2D eigenvalue weighted by Gasteiger charge is 2.34. The van der Waals surface area contributed by atoms with Crippen molar-refractivity contribution in [3.63, 3.8) is 0 Å². The maximum absolute atomic E-state index is 13.9. The highest BCUT2D eigenvalue weighted by atomic mass is 35.5. The first-order valence-corrected chi connectivity index (χ1v) is 14.5. The maximum atomic E-state index is 13.9. The number of likely N-dealkylation sites (N-methyl/N-ethyl adjacent to an activating group) is 1. The smallest absolute Gasteiger partial charge is 0.264 e. The van der Waals surface area contributed by atoms with E-state index in [2.05, 4.69) is 5.32 Å². The average Bonchev–Trinajstić information content (AvgIpc) is 2.90. The molecule has 38 heavy (non-hydrogen) atoms. The number of rotatable bonds is 11. The van der Waals surface area contributed by atoms with Gasteiger partial charge in [0.15, 0.2) is 0 Å². The highest BCUT2D eigenvalue weighted by molar-refractivity contribution is 7.92. The van der Waals surface area contributed by atoms with Gasteiger partial charge in [-0.1, -0.05) is 78.1 Å². The summed E-state index contributed by atoms with van der Waals surface area (Å²) in [5.41, 5.74) is 0.656. The monoisotopic (exact) mass is 595 g/mol. The number of nitrogens with zero attached hydrogens (tertiary/aromatic N) is 2. The second-order valence-electron chi connectivity index (χ2n) is 8.35. The van der Waals surface area contributed by atoms with Crippen molar-refractivity contribution in [2.24, 2.45) is 0 Å². The van der Waals surface area contributed by atoms with Gasteiger partial charge in [0.1, 0.15) is 12.6 Å². The average molecular weight is 597 g/mol. The van der Waals surface area contributed by atoms with Gasteiger partial charge in [-0.25, -0.2) is 8.42 Å². The van der Waals surface area contributed by atoms with E-state index in [1.165, 1.54) is 35.2 Å². The summed E-state index contributed by atoms with van der Waals surface area (Å²) in [6.07, 6.45) is 0.297. The molecular weight excluding hydrogens is 569 g/mol. The number of sulfonamides is 1. The Hall–Kier alpha value is -2.78. The Morgan fingerprint density at radius 1 is 0.895 bits per heavy atom. The first kappa shape index (κ1) is 29.8. The van der Waals surface area contributed by atoms with Crippen LogP contribution in [0.4, 0.5) is 5.69 Å². The van der Waals surface area contributed by atoms with Crippen LogP contribution in [0, 0.1) is 0 Å². The first-order valence-electron chi connectivity index (χ1n) is 11.9. The Labute approximate surface area is 238 Å². The van der Waals surface area contributed by atoms with Gasteiger partial charge < -0.3 is 10.2 Å². The van der Waals surface area contributed by atoms with Crippen LogP contribution in [0.5, 0.6) is 0 Å². The summed E-state index contributed by atoms with van der Waals surface area (Å²) in [6.45, 7) is 3.30. The fourth-order valence-corrected chi connectivity index (χ4v) is 6.01. The van der Waals surface area contributed by atoms with Crippen molar-refractivity contribution in [1.29, 1.82) is 0 Å². The fraction of sp³-hybridized carbons (Fsp3) is 0.259. The van der Waals surface area contributed by atoms with Crippen LogP contribution in [0.3, 0.4) is 0 Å². The molecule has 0 fully saturated rings. The predicted octanol–water partition coefficient (Wildman–Crippen LogP) is 5.79. The Bertz CT molecular complexity index is 1390. The second-order valence-corrected chi connectivity index (χ2v) is 11.5. The number of amides is 2. The molecule has 202 valence electrons. The molecule has 11 heteroatoms. The van der Waals surface area contributed by atoms with Gasteiger partial charge in [0, 0.05) is 23.1 Å². The van der Waals surface area contributed by atoms with E-state index < -0.39 is 28.5 Å². The molecule has 0 aliphatic carbocycles. The topological polar surface area (TPSA) is 86.8 Å². The number of hydrogen-bond acceptors (Lipinski definition) is 4. The molecule has 0 bridgehead atoms. The normalized spacial score (nSPS) is 12.0. The minimum atomic E-state index is -4.25. The first-order chi connectivity index (χ1) is 18.1. The molecule has 0 spiro atoms. The van der Waals surface area contributed by atoms with Crippen LogP contribution in [0.2, 0.25) is 15.1 Å². The molecule has 0 saturated carbocycles. The minimum Gasteiger partial charge on any atom is -0.355 e. The molecule has 0 unspecified atom stereocenters. The summed E-state index contributed by atoms with van der Waals surface area (Å²) in [7, 11) is -4.25. The van der Waals surface area contributed by atoms with Gasteiger partial charge in [-0.05, 0) is 55.3 Å². The molecule has 2 amide bonds. The molecule has 0 saturated heterocycles. The molecule has 0 aliphatic rings. The minimum absolute atomic E-state index is 0.00332. The summed E-state index contributed by atoms with van der Waals surface area (Å²) in [5, 5.41) is 3.51. The van der Waals surface area contributed by atoms with E-state index in [4.69, 9.17) is 34.8 Å². The number of hydrogen-bond donors (Lipinski definition) is 1. The van der Waals surface area contributed by atoms with Gasteiger partial charge in [0.05, 0.1) is 15.6 Å². The molecular formula is C27H28Cl3N3O4S. The largest absolute Gasteiger partial charge is 0.355 e. The fourth-order valence-electron chi connectivity index (χ4n) is 3.93. The summed E-state index contributed by atoms with van der Waals surface area (Å²) >= 11 is 19.0. The Balaban J connectivity index is 2.11. The molecule has 0 aromatic heterocycles. The second kappa shape index (κ2) is 13.3. The third-order valence-corrected chi connectivity index (χ3v) is 8.52. The molecule has 1 atom stereocenters. The van der Waals surface area contributed by atoms with E-state index in [1.807, 2.05) is 0 Å². The number of anilines is 1. The number of nitrogens with one attached hydrogen (secondary N) is 1. The van der Waals surface area contributed by atoms with Gasteiger partial charge in [0.2, 0.25) is 11.8 Å². The lowest BCUT2D eigenvalue weighted by molar-refractivity contribution is -0.140. The molecule has 0 heterocycles. The SMILES string of the molecule is CCNC(=O)[C@@H](CC)N(Cc1ccccc1Cl)C(=O)CN(c1cc(Cl)ccc1Cl)S(=O)(=O)c1ccccc1. The van der Waals surface area contributed by atoms with Crippen LogP contribution in [-0.2, 0) is 26.2 Å². The van der Waals surface area contributed by atoms with E-state index in [0.29, 0.717) is 23.6 Å². The summed E-state index contributed by atoms with van der Waals surface area (Å²) in [6, 6.07) is 18.2. The highest BCUT2D eigenvalue weighted by Crippen LogP contribution is 2.33. The number of carbonyl (C=O) groups is 2. The molecule has 0 aliphatic heterocycles. The third-order valence-electron chi connectivity index (χ3n) is 5.82. The lowest BCUT2D eigenvalue weighted by Gasteiger charge is -2.33. The number of halogens is 3. The van der Waals surface area contributed by atoms with Crippen LogP contribution in [-0.4, -0.2) is 44.3 Å². The van der Waals surface area contributed by atoms with Crippen LogP contribution >= 0.6 is 34.8 Å². The predicted molar refractivity (Wildman–Crippen MR) is 152 cm³/mol. The van der Waals surface area contributed by atoms with E-state index in [9.17, 15) is 18.0 Å². The van der Waals surface area contributed by atoms with Crippen molar-refractivity contribution in [2.45, 2.75) is 37.8 Å². The third kappa shape index (κ3) is 6.99. The number of carbonyl (C=O) groups excluding carboxylic acids is 2. The molecule has 3 rings (SSSR count). The van der Waals surface area contributed by atoms with E-state index in [-0.39, 0.29) is 33.1 Å². The van der Waals surface area contributed by atoms with E-state index in [0.717, 1.165) is 4.31 Å². The van der Waals surface area contributed by atoms with Crippen molar-refractivity contribution in [2.75, 3.05) is 17.4 Å². The van der Waals surface area contributed by atoms with Crippen LogP contribution in [0.25, 0.3) is 0 Å². The zero-order valence-corrected chi connectivity index (χ0v) is 24.0. The standard InChI is InChI=1S/C27H28Cl3N3O4S/c1-3-24(27(35)31-4-2)32(17-19-10-8-9-13-22(19)29)26(34)18-33(25-16-20(28)14-15-23(25)30)38(36,37)21-11-6-5-7-12-21/h5-16,24H,3-4,17-18H2,1-2H3,(H,31,35)/t24-/m1/s1. The van der Waals surface area contributed by atoms with Crippen LogP contribution in [0.15, 0.2) is 77.7 Å². The van der Waals surface area contributed by atoms with Gasteiger partial charge in [-0.2, -0.15) is 0 Å². The van der Waals surface area contributed by atoms with Gasteiger partial charge >= 0.3 is 0 Å². The van der Waals surface area contributed by atoms with E-state index in [1.54, 1.807) is 56.3 Å². The Morgan fingerprint density at radius 2 is 1.55 bits per heavy atom. The molecule has 1 N–H and O–H groups in total. The van der Waals surface area contributed by atoms with Gasteiger partial charge in [-0.15, -0.1) is 0 Å². The van der Waals surface area contributed by atoms with Gasteiger partial charge in [-0.3, -0.25) is 13.9 Å². The Kier molecular flexibility index (Phi) is 10.4. The maximum Gasteiger partial charge on any atom is 0.264 e. The Morgan fingerprint density at radius 3 is 2.18 bits per heavy atom. The van der Waals surface area contributed by atoms with Crippen LogP contribution < -0.4 is 9.62 Å². The lowest BCUT2D eigenvalue weighted by atomic mass is 10.1. The van der Waals surface area contributed by atoms with Crippen molar-refractivity contribution >= 4 is 62.3 Å². The van der Waals surface area contributed by atoms with Gasteiger partial charge in [0.25, 0.3) is 10.0 Å². The van der Waals surface area contributed by atoms with Crippen molar-refractivity contribution in [3.05, 3.63) is 93.4 Å². The zero-order chi connectivity index (χ0) is 27.9. The summed E-state index contributed by atoms with van der Waals surface area (Å²) in [4.78, 5) is 28.2. The number of benzene rings is 3. The van der Waals surface area contributed by atoms with Crippen molar-refractivity contribution in [1.82, 2.24) is 10.2 Å². The van der Waals surface area contributed by atoms with Crippen LogP contribution in [0.1, 0.15) is 25.8 Å². The van der Waals surface area contributed by atoms with Crippen molar-refractivity contribution < 1.29 is 18.0 Å².